The highest BCUT2D eigenvalue weighted by Gasteiger charge is 2.22. The highest BCUT2D eigenvalue weighted by Crippen LogP contribution is 2.34. The number of carbonyl (C=O) groups excluding carboxylic acids is 1. The van der Waals surface area contributed by atoms with E-state index in [2.05, 4.69) is 9.97 Å². The molecule has 1 atom stereocenters. The quantitative estimate of drug-likeness (QED) is 0.308. The van der Waals surface area contributed by atoms with Gasteiger partial charge in [-0.15, -0.1) is 0 Å². The van der Waals surface area contributed by atoms with Crippen LogP contribution in [0.15, 0.2) is 51.9 Å². The molecular formula is C27H22ClFN4O4. The highest BCUT2D eigenvalue weighted by molar-refractivity contribution is 6.29. The molecule has 0 aliphatic carbocycles. The monoisotopic (exact) mass is 520 g/mol. The zero-order valence-electron chi connectivity index (χ0n) is 20.4. The van der Waals surface area contributed by atoms with Gasteiger partial charge in [-0.3, -0.25) is 9.59 Å². The molecule has 0 saturated heterocycles. The molecular weight excluding hydrogens is 499 g/mol. The first-order valence-corrected chi connectivity index (χ1v) is 11.8. The zero-order valence-corrected chi connectivity index (χ0v) is 21.2. The van der Waals surface area contributed by atoms with Crippen molar-refractivity contribution in [2.75, 3.05) is 0 Å². The number of halogens is 2. The van der Waals surface area contributed by atoms with E-state index < -0.39 is 17.8 Å². The smallest absolute Gasteiger partial charge is 0.271 e. The first-order valence-electron chi connectivity index (χ1n) is 11.4. The van der Waals surface area contributed by atoms with Crippen molar-refractivity contribution in [2.45, 2.75) is 33.8 Å². The molecule has 188 valence electrons. The lowest BCUT2D eigenvalue weighted by Crippen LogP contribution is -2.17. The van der Waals surface area contributed by atoms with Gasteiger partial charge in [-0.25, -0.2) is 14.4 Å². The Morgan fingerprint density at radius 1 is 1.16 bits per heavy atom. The molecule has 4 aromatic heterocycles. The summed E-state index contributed by atoms with van der Waals surface area (Å²) in [6, 6.07) is 7.83. The molecule has 8 nitrogen and oxygen atoms in total. The third-order valence-electron chi connectivity index (χ3n) is 6.08. The van der Waals surface area contributed by atoms with Crippen molar-refractivity contribution in [3.05, 3.63) is 92.0 Å². The Morgan fingerprint density at radius 3 is 2.65 bits per heavy atom. The number of rotatable bonds is 5. The number of pyridine rings is 2. The number of amides is 1. The molecule has 1 aromatic carbocycles. The molecule has 0 radical (unpaired) electrons. The summed E-state index contributed by atoms with van der Waals surface area (Å²) >= 11 is 5.91. The topological polar surface area (TPSA) is 113 Å². The predicted molar refractivity (Wildman–Crippen MR) is 138 cm³/mol. The lowest BCUT2D eigenvalue weighted by Gasteiger charge is -2.19. The fourth-order valence-electron chi connectivity index (χ4n) is 4.40. The van der Waals surface area contributed by atoms with Crippen molar-refractivity contribution >= 4 is 34.1 Å². The lowest BCUT2D eigenvalue weighted by molar-refractivity contribution is 0.0988. The number of ether oxygens (including phenoxy) is 1. The maximum absolute atomic E-state index is 14.8. The summed E-state index contributed by atoms with van der Waals surface area (Å²) in [5.74, 6) is -0.970. The molecule has 5 aromatic rings. The first kappa shape index (κ1) is 24.5. The van der Waals surface area contributed by atoms with E-state index >= 15 is 0 Å². The van der Waals surface area contributed by atoms with Gasteiger partial charge in [-0.1, -0.05) is 11.6 Å². The molecule has 0 saturated carbocycles. The Bertz CT molecular complexity index is 1790. The van der Waals surface area contributed by atoms with Crippen LogP contribution in [0, 0.1) is 26.6 Å². The molecule has 0 fully saturated rings. The fourth-order valence-corrected chi connectivity index (χ4v) is 4.54. The van der Waals surface area contributed by atoms with Gasteiger partial charge in [0.25, 0.3) is 5.91 Å². The maximum atomic E-state index is 14.8. The van der Waals surface area contributed by atoms with Crippen molar-refractivity contribution in [3.8, 4) is 17.1 Å². The van der Waals surface area contributed by atoms with Gasteiger partial charge in [0.15, 0.2) is 28.3 Å². The van der Waals surface area contributed by atoms with Crippen molar-refractivity contribution in [3.63, 3.8) is 0 Å². The van der Waals surface area contributed by atoms with E-state index in [1.807, 2.05) is 13.0 Å². The Morgan fingerprint density at radius 2 is 1.92 bits per heavy atom. The molecule has 5 rings (SSSR count). The predicted octanol–water partition coefficient (Wildman–Crippen LogP) is 5.46. The van der Waals surface area contributed by atoms with Crippen LogP contribution in [0.1, 0.15) is 45.9 Å². The number of fused-ring (bicyclic) bond motifs is 2. The van der Waals surface area contributed by atoms with Gasteiger partial charge in [0, 0.05) is 29.1 Å². The number of hydrogen-bond donors (Lipinski definition) is 1. The van der Waals surface area contributed by atoms with Crippen LogP contribution in [0.3, 0.4) is 0 Å². The van der Waals surface area contributed by atoms with Gasteiger partial charge in [0.2, 0.25) is 0 Å². The Hall–Kier alpha value is -4.24. The van der Waals surface area contributed by atoms with Crippen LogP contribution in [0.5, 0.6) is 5.75 Å². The number of aromatic nitrogens is 3. The second kappa shape index (κ2) is 9.01. The van der Waals surface area contributed by atoms with Gasteiger partial charge >= 0.3 is 0 Å². The molecule has 0 aliphatic heterocycles. The number of carbonyl (C=O) groups is 1. The summed E-state index contributed by atoms with van der Waals surface area (Å²) in [5.41, 5.74) is 8.30. The second-order valence-electron chi connectivity index (χ2n) is 8.91. The molecule has 0 unspecified atom stereocenters. The van der Waals surface area contributed by atoms with Gasteiger partial charge in [-0.05, 0) is 63.6 Å². The van der Waals surface area contributed by atoms with E-state index in [9.17, 15) is 14.0 Å². The largest absolute Gasteiger partial charge is 0.483 e. The molecule has 37 heavy (non-hydrogen) atoms. The van der Waals surface area contributed by atoms with Crippen molar-refractivity contribution in [1.82, 2.24) is 14.4 Å². The van der Waals surface area contributed by atoms with E-state index in [-0.39, 0.29) is 39.0 Å². The first-order chi connectivity index (χ1) is 17.5. The van der Waals surface area contributed by atoms with Gasteiger partial charge in [0.1, 0.15) is 22.6 Å². The third kappa shape index (κ3) is 4.31. The summed E-state index contributed by atoms with van der Waals surface area (Å²) in [7, 11) is 0. The Kier molecular flexibility index (Phi) is 5.95. The number of nitrogens with two attached hydrogens (primary N) is 1. The number of primary amides is 1. The number of imidazole rings is 1. The van der Waals surface area contributed by atoms with Gasteiger partial charge in [0.05, 0.1) is 11.1 Å². The van der Waals surface area contributed by atoms with Crippen LogP contribution in [0.4, 0.5) is 4.39 Å². The molecule has 2 N–H and O–H groups in total. The summed E-state index contributed by atoms with van der Waals surface area (Å²) in [5, 5.41) is 0.453. The second-order valence-corrected chi connectivity index (χ2v) is 9.30. The SMILES string of the molecule is Cc1cc([C@@H](C)Oc2ccc(Cl)nc2C(N)=O)c2oc(-c3cc(F)c4nc(C)cn4c3)c(C)c(=O)c2c1. The van der Waals surface area contributed by atoms with Crippen LogP contribution in [0.2, 0.25) is 5.15 Å². The summed E-state index contributed by atoms with van der Waals surface area (Å²) in [6.07, 6.45) is 2.68. The van der Waals surface area contributed by atoms with Crippen LogP contribution in [-0.2, 0) is 0 Å². The van der Waals surface area contributed by atoms with Crippen LogP contribution >= 0.6 is 11.6 Å². The molecule has 0 spiro atoms. The minimum Gasteiger partial charge on any atom is -0.483 e. The summed E-state index contributed by atoms with van der Waals surface area (Å²) in [6.45, 7) is 7.00. The van der Waals surface area contributed by atoms with Gasteiger partial charge < -0.3 is 19.3 Å². The third-order valence-corrected chi connectivity index (χ3v) is 6.29. The standard InChI is InChI=1S/C27H22ClFN4O4/c1-12-7-17(15(4)36-20-5-6-21(28)32-22(20)26(30)35)25-18(8-12)23(34)14(3)24(37-25)16-9-19(29)27-31-13(2)10-33(27)11-16/h5-11,15H,1-4H3,(H2,30,35)/t15-/m1/s1. The summed E-state index contributed by atoms with van der Waals surface area (Å²) in [4.78, 5) is 33.5. The number of aryl methyl sites for hydroxylation is 2. The molecule has 10 heteroatoms. The van der Waals surface area contributed by atoms with Crippen molar-refractivity contribution in [1.29, 1.82) is 0 Å². The lowest BCUT2D eigenvalue weighted by atomic mass is 10.00. The molecule has 4 heterocycles. The average molecular weight is 521 g/mol. The minimum atomic E-state index is -0.796. The van der Waals surface area contributed by atoms with Crippen molar-refractivity contribution < 1.29 is 18.3 Å². The molecule has 0 aliphatic rings. The van der Waals surface area contributed by atoms with Crippen molar-refractivity contribution in [2.24, 2.45) is 5.73 Å². The molecule has 1 amide bonds. The highest BCUT2D eigenvalue weighted by atomic mass is 35.5. The number of nitrogens with zero attached hydrogens (tertiary/aromatic N) is 3. The van der Waals surface area contributed by atoms with Crippen LogP contribution < -0.4 is 15.9 Å². The summed E-state index contributed by atoms with van der Waals surface area (Å²) < 4.78 is 28.8. The Balaban J connectivity index is 1.69. The van der Waals surface area contributed by atoms with Crippen LogP contribution in [-0.4, -0.2) is 20.3 Å². The van der Waals surface area contributed by atoms with Crippen LogP contribution in [0.25, 0.3) is 27.9 Å². The van der Waals surface area contributed by atoms with E-state index in [0.29, 0.717) is 27.8 Å². The maximum Gasteiger partial charge on any atom is 0.271 e. The number of hydrogen-bond acceptors (Lipinski definition) is 6. The Labute approximate surface area is 215 Å². The van der Waals surface area contributed by atoms with E-state index in [0.717, 1.165) is 5.56 Å². The van der Waals surface area contributed by atoms with Gasteiger partial charge in [-0.2, -0.15) is 0 Å². The normalized spacial score (nSPS) is 12.3. The number of benzene rings is 1. The van der Waals surface area contributed by atoms with E-state index in [1.54, 1.807) is 43.6 Å². The fraction of sp³-hybridized carbons (Fsp3) is 0.185. The minimum absolute atomic E-state index is 0.0956. The van der Waals surface area contributed by atoms with E-state index in [4.69, 9.17) is 26.5 Å². The molecule has 0 bridgehead atoms. The van der Waals surface area contributed by atoms with E-state index in [1.165, 1.54) is 18.2 Å². The zero-order chi connectivity index (χ0) is 26.6. The average Bonchev–Trinajstić information content (AvgIpc) is 3.23.